The fourth-order valence-electron chi connectivity index (χ4n) is 1.55. The van der Waals surface area contributed by atoms with Crippen molar-refractivity contribution in [1.29, 1.82) is 0 Å². The second-order valence-electron chi connectivity index (χ2n) is 3.45. The van der Waals surface area contributed by atoms with Gasteiger partial charge in [0.05, 0.1) is 12.5 Å². The summed E-state index contributed by atoms with van der Waals surface area (Å²) in [7, 11) is 1.67. The van der Waals surface area contributed by atoms with Crippen molar-refractivity contribution in [3.63, 3.8) is 0 Å². The fourth-order valence-corrected chi connectivity index (χ4v) is 1.55. The van der Waals surface area contributed by atoms with E-state index >= 15 is 0 Å². The second kappa shape index (κ2) is 2.81. The van der Waals surface area contributed by atoms with Crippen LogP contribution in [-0.2, 0) is 5.41 Å². The Kier molecular flexibility index (Phi) is 1.77. The first kappa shape index (κ1) is 8.19. The first-order chi connectivity index (χ1) is 6.30. The zero-order valence-electron chi connectivity index (χ0n) is 7.71. The Morgan fingerprint density at radius 2 is 1.92 bits per heavy atom. The maximum Gasteiger partial charge on any atom is 0.118 e. The number of terminal acetylenes is 1. The van der Waals surface area contributed by atoms with Gasteiger partial charge in [-0.05, 0) is 30.5 Å². The molecule has 0 bridgehead atoms. The molecule has 1 aromatic carbocycles. The van der Waals surface area contributed by atoms with Crippen LogP contribution >= 0.6 is 0 Å². The van der Waals surface area contributed by atoms with Gasteiger partial charge in [-0.3, -0.25) is 0 Å². The summed E-state index contributed by atoms with van der Waals surface area (Å²) in [6.07, 6.45) is 7.73. The molecule has 0 heterocycles. The molecule has 1 heteroatoms. The Morgan fingerprint density at radius 3 is 2.31 bits per heavy atom. The van der Waals surface area contributed by atoms with Crippen LogP contribution in [0.25, 0.3) is 0 Å². The molecule has 1 aliphatic carbocycles. The number of benzene rings is 1. The van der Waals surface area contributed by atoms with E-state index in [2.05, 4.69) is 18.1 Å². The predicted molar refractivity (Wildman–Crippen MR) is 52.7 cm³/mol. The monoisotopic (exact) mass is 172 g/mol. The van der Waals surface area contributed by atoms with Gasteiger partial charge >= 0.3 is 0 Å². The SMILES string of the molecule is C#CC1(c2ccc(OC)cc2)CC1. The van der Waals surface area contributed by atoms with E-state index in [0.717, 1.165) is 18.6 Å². The summed E-state index contributed by atoms with van der Waals surface area (Å²) in [5, 5.41) is 0. The lowest BCUT2D eigenvalue weighted by atomic mass is 9.97. The topological polar surface area (TPSA) is 9.23 Å². The zero-order valence-corrected chi connectivity index (χ0v) is 7.71. The molecule has 0 amide bonds. The van der Waals surface area contributed by atoms with E-state index in [4.69, 9.17) is 11.2 Å². The van der Waals surface area contributed by atoms with E-state index in [1.54, 1.807) is 7.11 Å². The summed E-state index contributed by atoms with van der Waals surface area (Å²) in [5.74, 6) is 3.75. The van der Waals surface area contributed by atoms with Crippen LogP contribution in [0.1, 0.15) is 18.4 Å². The number of methoxy groups -OCH3 is 1. The lowest BCUT2D eigenvalue weighted by Gasteiger charge is -2.08. The number of hydrogen-bond acceptors (Lipinski definition) is 1. The van der Waals surface area contributed by atoms with Crippen molar-refractivity contribution in [2.75, 3.05) is 7.11 Å². The maximum absolute atomic E-state index is 5.49. The van der Waals surface area contributed by atoms with Gasteiger partial charge in [0.2, 0.25) is 0 Å². The molecular weight excluding hydrogens is 160 g/mol. The van der Waals surface area contributed by atoms with Gasteiger partial charge < -0.3 is 4.74 Å². The smallest absolute Gasteiger partial charge is 0.118 e. The molecule has 66 valence electrons. The summed E-state index contributed by atoms with van der Waals surface area (Å²) in [6.45, 7) is 0. The normalized spacial score (nSPS) is 17.5. The van der Waals surface area contributed by atoms with Gasteiger partial charge in [0.1, 0.15) is 5.75 Å². The molecule has 0 aromatic heterocycles. The summed E-state index contributed by atoms with van der Waals surface area (Å²) >= 11 is 0. The molecule has 2 rings (SSSR count). The molecule has 1 nitrogen and oxygen atoms in total. The molecule has 0 N–H and O–H groups in total. The standard InChI is InChI=1S/C12H12O/c1-3-12(8-9-12)10-4-6-11(13-2)7-5-10/h1,4-7H,8-9H2,2H3. The van der Waals surface area contributed by atoms with E-state index < -0.39 is 0 Å². The molecule has 0 saturated heterocycles. The predicted octanol–water partition coefficient (Wildman–Crippen LogP) is 2.36. The molecule has 1 aromatic rings. The Balaban J connectivity index is 2.29. The third-order valence-electron chi connectivity index (χ3n) is 2.67. The molecule has 0 unspecified atom stereocenters. The summed E-state index contributed by atoms with van der Waals surface area (Å²) < 4.78 is 5.08. The highest BCUT2D eigenvalue weighted by Gasteiger charge is 2.42. The minimum absolute atomic E-state index is 0.0479. The van der Waals surface area contributed by atoms with Crippen molar-refractivity contribution >= 4 is 0 Å². The van der Waals surface area contributed by atoms with Crippen molar-refractivity contribution in [3.05, 3.63) is 29.8 Å². The highest BCUT2D eigenvalue weighted by molar-refractivity contribution is 5.42. The summed E-state index contributed by atoms with van der Waals surface area (Å²) in [4.78, 5) is 0. The van der Waals surface area contributed by atoms with Crippen molar-refractivity contribution in [2.45, 2.75) is 18.3 Å². The van der Waals surface area contributed by atoms with Crippen molar-refractivity contribution in [3.8, 4) is 18.1 Å². The lowest BCUT2D eigenvalue weighted by molar-refractivity contribution is 0.414. The lowest BCUT2D eigenvalue weighted by Crippen LogP contribution is -2.01. The average Bonchev–Trinajstić information content (AvgIpc) is 2.99. The van der Waals surface area contributed by atoms with Gasteiger partial charge in [-0.25, -0.2) is 0 Å². The minimum atomic E-state index is 0.0479. The van der Waals surface area contributed by atoms with Crippen LogP contribution in [0.5, 0.6) is 5.75 Å². The summed E-state index contributed by atoms with van der Waals surface area (Å²) in [5.41, 5.74) is 1.29. The van der Waals surface area contributed by atoms with Crippen LogP contribution in [0.2, 0.25) is 0 Å². The molecule has 0 atom stereocenters. The Bertz CT molecular complexity index is 338. The molecule has 13 heavy (non-hydrogen) atoms. The average molecular weight is 172 g/mol. The van der Waals surface area contributed by atoms with Crippen molar-refractivity contribution in [2.24, 2.45) is 0 Å². The third-order valence-corrected chi connectivity index (χ3v) is 2.67. The Hall–Kier alpha value is -1.42. The van der Waals surface area contributed by atoms with Gasteiger partial charge in [0.15, 0.2) is 0 Å². The second-order valence-corrected chi connectivity index (χ2v) is 3.45. The molecule has 0 spiro atoms. The van der Waals surface area contributed by atoms with Gasteiger partial charge in [0, 0.05) is 0 Å². The Morgan fingerprint density at radius 1 is 1.31 bits per heavy atom. The van der Waals surface area contributed by atoms with E-state index in [0.29, 0.717) is 0 Å². The maximum atomic E-state index is 5.49. The van der Waals surface area contributed by atoms with Crippen molar-refractivity contribution < 1.29 is 4.74 Å². The minimum Gasteiger partial charge on any atom is -0.497 e. The van der Waals surface area contributed by atoms with Crippen LogP contribution in [0.3, 0.4) is 0 Å². The first-order valence-corrected chi connectivity index (χ1v) is 4.43. The van der Waals surface area contributed by atoms with Crippen LogP contribution < -0.4 is 4.74 Å². The van der Waals surface area contributed by atoms with Crippen LogP contribution in [0.4, 0.5) is 0 Å². The van der Waals surface area contributed by atoms with Gasteiger partial charge in [-0.2, -0.15) is 0 Å². The van der Waals surface area contributed by atoms with Crippen molar-refractivity contribution in [1.82, 2.24) is 0 Å². The van der Waals surface area contributed by atoms with Gasteiger partial charge in [0.25, 0.3) is 0 Å². The largest absolute Gasteiger partial charge is 0.497 e. The van der Waals surface area contributed by atoms with E-state index in [-0.39, 0.29) is 5.41 Å². The van der Waals surface area contributed by atoms with E-state index in [9.17, 15) is 0 Å². The van der Waals surface area contributed by atoms with Gasteiger partial charge in [-0.15, -0.1) is 6.42 Å². The van der Waals surface area contributed by atoms with E-state index in [1.807, 2.05) is 12.1 Å². The molecule has 0 aliphatic heterocycles. The number of rotatable bonds is 2. The van der Waals surface area contributed by atoms with E-state index in [1.165, 1.54) is 5.56 Å². The quantitative estimate of drug-likeness (QED) is 0.622. The molecular formula is C12H12O. The highest BCUT2D eigenvalue weighted by Crippen LogP contribution is 2.47. The third kappa shape index (κ3) is 1.29. The molecule has 0 radical (unpaired) electrons. The zero-order chi connectivity index (χ0) is 9.31. The Labute approximate surface area is 78.7 Å². The van der Waals surface area contributed by atoms with Crippen LogP contribution in [0, 0.1) is 12.3 Å². The number of hydrogen-bond donors (Lipinski definition) is 0. The first-order valence-electron chi connectivity index (χ1n) is 4.43. The number of ether oxygens (including phenoxy) is 1. The fraction of sp³-hybridized carbons (Fsp3) is 0.333. The molecule has 1 saturated carbocycles. The summed E-state index contributed by atoms with van der Waals surface area (Å²) in [6, 6.07) is 8.05. The van der Waals surface area contributed by atoms with Crippen LogP contribution in [0.15, 0.2) is 24.3 Å². The highest BCUT2D eigenvalue weighted by atomic mass is 16.5. The van der Waals surface area contributed by atoms with Gasteiger partial charge in [-0.1, -0.05) is 18.1 Å². The molecule has 1 aliphatic rings. The molecule has 1 fully saturated rings. The van der Waals surface area contributed by atoms with Crippen LogP contribution in [-0.4, -0.2) is 7.11 Å².